The first-order valence-electron chi connectivity index (χ1n) is 10.7. The Morgan fingerprint density at radius 2 is 2.00 bits per heavy atom. The quantitative estimate of drug-likeness (QED) is 0.656. The number of nitrogens with zero attached hydrogens (tertiary/aromatic N) is 4. The lowest BCUT2D eigenvalue weighted by atomic mass is 9.92. The van der Waals surface area contributed by atoms with Gasteiger partial charge in [-0.15, -0.1) is 0 Å². The lowest BCUT2D eigenvalue weighted by Gasteiger charge is -2.25. The van der Waals surface area contributed by atoms with Crippen LogP contribution < -0.4 is 5.32 Å². The Bertz CT molecular complexity index is 1010. The van der Waals surface area contributed by atoms with Crippen LogP contribution in [0.15, 0.2) is 36.7 Å². The van der Waals surface area contributed by atoms with Crippen LogP contribution in [0.25, 0.3) is 5.69 Å². The molecule has 30 heavy (non-hydrogen) atoms. The summed E-state index contributed by atoms with van der Waals surface area (Å²) in [4.78, 5) is 14.1. The molecule has 0 spiro atoms. The number of aryl methyl sites for hydroxylation is 2. The average Bonchev–Trinajstić information content (AvgIpc) is 3.21. The Morgan fingerprint density at radius 1 is 1.17 bits per heavy atom. The van der Waals surface area contributed by atoms with Crippen molar-refractivity contribution in [1.82, 2.24) is 19.5 Å². The first-order chi connectivity index (χ1) is 14.8. The molecule has 2 aliphatic rings. The van der Waals surface area contributed by atoms with Crippen molar-refractivity contribution in [1.29, 1.82) is 0 Å². The fourth-order valence-corrected chi connectivity index (χ4v) is 5.25. The third-order valence-corrected chi connectivity index (χ3v) is 6.94. The normalized spacial score (nSPS) is 17.0. The maximum absolute atomic E-state index is 5.54. The second kappa shape index (κ2) is 8.78. The van der Waals surface area contributed by atoms with Gasteiger partial charge in [-0.05, 0) is 68.5 Å². The zero-order chi connectivity index (χ0) is 20.3. The van der Waals surface area contributed by atoms with E-state index in [1.54, 1.807) is 0 Å². The highest BCUT2D eigenvalue weighted by Crippen LogP contribution is 2.30. The Kier molecular flexibility index (Phi) is 5.73. The van der Waals surface area contributed by atoms with Crippen LogP contribution in [-0.2, 0) is 23.3 Å². The van der Waals surface area contributed by atoms with E-state index < -0.39 is 0 Å². The summed E-state index contributed by atoms with van der Waals surface area (Å²) < 4.78 is 7.61. The van der Waals surface area contributed by atoms with Crippen LogP contribution in [0.1, 0.15) is 35.6 Å². The molecular weight excluding hydrogens is 394 g/mol. The van der Waals surface area contributed by atoms with Crippen molar-refractivity contribution < 1.29 is 4.74 Å². The third-order valence-electron chi connectivity index (χ3n) is 5.96. The molecule has 0 unspecified atom stereocenters. The predicted octanol–water partition coefficient (Wildman–Crippen LogP) is 4.47. The first-order valence-corrected chi connectivity index (χ1v) is 11.8. The minimum atomic E-state index is 0.662. The third kappa shape index (κ3) is 4.23. The number of hydrogen-bond acceptors (Lipinski definition) is 6. The van der Waals surface area contributed by atoms with Crippen molar-refractivity contribution in [2.24, 2.45) is 5.92 Å². The van der Waals surface area contributed by atoms with Gasteiger partial charge < -0.3 is 14.6 Å². The number of benzene rings is 1. The Balaban J connectivity index is 1.38. The zero-order valence-electron chi connectivity index (χ0n) is 17.3. The van der Waals surface area contributed by atoms with Crippen LogP contribution in [0.5, 0.6) is 0 Å². The van der Waals surface area contributed by atoms with E-state index in [1.165, 1.54) is 17.0 Å². The van der Waals surface area contributed by atoms with Gasteiger partial charge in [0.1, 0.15) is 5.82 Å². The van der Waals surface area contributed by atoms with Gasteiger partial charge in [0.25, 0.3) is 0 Å². The van der Waals surface area contributed by atoms with Gasteiger partial charge in [-0.3, -0.25) is 0 Å². The van der Waals surface area contributed by atoms with Crippen molar-refractivity contribution >= 4 is 23.4 Å². The molecule has 0 aliphatic carbocycles. The van der Waals surface area contributed by atoms with E-state index in [1.807, 2.05) is 31.1 Å². The minimum Gasteiger partial charge on any atom is -0.381 e. The molecule has 0 radical (unpaired) electrons. The summed E-state index contributed by atoms with van der Waals surface area (Å²) >= 11 is 1.99. The summed E-state index contributed by atoms with van der Waals surface area (Å²) in [6.07, 6.45) is 8.11. The SMILES string of the molecule is Cc1nccn1-c1ccc(Nc2nc3c(c(CC4CCOCC4)n2)CSCC3)cc1. The van der Waals surface area contributed by atoms with Gasteiger partial charge in [-0.2, -0.15) is 11.8 Å². The number of hydrogen-bond donors (Lipinski definition) is 1. The van der Waals surface area contributed by atoms with E-state index in [4.69, 9.17) is 14.7 Å². The molecule has 5 rings (SSSR count). The fourth-order valence-electron chi connectivity index (χ4n) is 4.23. The number of anilines is 2. The molecule has 7 heteroatoms. The largest absolute Gasteiger partial charge is 0.381 e. The number of ether oxygens (including phenoxy) is 1. The van der Waals surface area contributed by atoms with Crippen molar-refractivity contribution in [2.75, 3.05) is 24.3 Å². The van der Waals surface area contributed by atoms with E-state index in [2.05, 4.69) is 39.1 Å². The van der Waals surface area contributed by atoms with Crippen molar-refractivity contribution in [2.45, 2.75) is 38.4 Å². The number of aromatic nitrogens is 4. The molecule has 1 aromatic carbocycles. The topological polar surface area (TPSA) is 64.9 Å². The monoisotopic (exact) mass is 421 g/mol. The molecule has 0 saturated carbocycles. The van der Waals surface area contributed by atoms with E-state index in [-0.39, 0.29) is 0 Å². The average molecular weight is 422 g/mol. The van der Waals surface area contributed by atoms with Crippen LogP contribution in [-0.4, -0.2) is 38.5 Å². The van der Waals surface area contributed by atoms with E-state index >= 15 is 0 Å². The summed E-state index contributed by atoms with van der Waals surface area (Å²) in [5.41, 5.74) is 5.92. The highest BCUT2D eigenvalue weighted by Gasteiger charge is 2.22. The van der Waals surface area contributed by atoms with Crippen LogP contribution in [0.4, 0.5) is 11.6 Å². The highest BCUT2D eigenvalue weighted by molar-refractivity contribution is 7.98. The van der Waals surface area contributed by atoms with Crippen molar-refractivity contribution in [3.05, 3.63) is 59.4 Å². The standard InChI is InChI=1S/C23H27N5OS/c1-16-24-9-10-28(16)19-4-2-18(3-5-19)25-23-26-21-8-13-30-15-20(21)22(27-23)14-17-6-11-29-12-7-17/h2-5,9-10,17H,6-8,11-15H2,1H3,(H,25,26,27). The summed E-state index contributed by atoms with van der Waals surface area (Å²) in [6.45, 7) is 3.76. The lowest BCUT2D eigenvalue weighted by molar-refractivity contribution is 0.0662. The number of fused-ring (bicyclic) bond motifs is 1. The van der Waals surface area contributed by atoms with Gasteiger partial charge in [-0.25, -0.2) is 15.0 Å². The van der Waals surface area contributed by atoms with E-state index in [9.17, 15) is 0 Å². The molecule has 1 N–H and O–H groups in total. The maximum atomic E-state index is 5.54. The van der Waals surface area contributed by atoms with Crippen LogP contribution in [0, 0.1) is 12.8 Å². The number of nitrogens with one attached hydrogen (secondary N) is 1. The van der Waals surface area contributed by atoms with Crippen LogP contribution in [0.3, 0.4) is 0 Å². The Morgan fingerprint density at radius 3 is 2.77 bits per heavy atom. The van der Waals surface area contributed by atoms with Crippen molar-refractivity contribution in [3.8, 4) is 5.69 Å². The zero-order valence-corrected chi connectivity index (χ0v) is 18.1. The molecule has 0 atom stereocenters. The number of thioether (sulfide) groups is 1. The summed E-state index contributed by atoms with van der Waals surface area (Å²) in [7, 11) is 0. The van der Waals surface area contributed by atoms with Crippen molar-refractivity contribution in [3.63, 3.8) is 0 Å². The Labute approximate surface area is 181 Å². The molecule has 0 amide bonds. The molecule has 2 aliphatic heterocycles. The van der Waals surface area contributed by atoms with E-state index in [0.29, 0.717) is 11.9 Å². The summed E-state index contributed by atoms with van der Waals surface area (Å²) in [5, 5.41) is 3.44. The second-order valence-corrected chi connectivity index (χ2v) is 9.10. The molecule has 0 bridgehead atoms. The van der Waals surface area contributed by atoms with Gasteiger partial charge in [0.15, 0.2) is 0 Å². The summed E-state index contributed by atoms with van der Waals surface area (Å²) in [6, 6.07) is 8.33. The lowest BCUT2D eigenvalue weighted by Crippen LogP contribution is -2.20. The highest BCUT2D eigenvalue weighted by atomic mass is 32.2. The molecule has 2 aromatic heterocycles. The second-order valence-electron chi connectivity index (χ2n) is 8.00. The molecular formula is C23H27N5OS. The Hall–Kier alpha value is -2.38. The van der Waals surface area contributed by atoms with Gasteiger partial charge in [0.05, 0.1) is 11.4 Å². The molecule has 1 saturated heterocycles. The maximum Gasteiger partial charge on any atom is 0.227 e. The minimum absolute atomic E-state index is 0.662. The van der Waals surface area contributed by atoms with Gasteiger partial charge in [-0.1, -0.05) is 0 Å². The molecule has 1 fully saturated rings. The smallest absolute Gasteiger partial charge is 0.227 e. The van der Waals surface area contributed by atoms with Crippen LogP contribution in [0.2, 0.25) is 0 Å². The molecule has 6 nitrogen and oxygen atoms in total. The molecule has 156 valence electrons. The fraction of sp³-hybridized carbons (Fsp3) is 0.435. The summed E-state index contributed by atoms with van der Waals surface area (Å²) in [5.74, 6) is 4.53. The van der Waals surface area contributed by atoms with E-state index in [0.717, 1.165) is 67.6 Å². The molecule has 3 aromatic rings. The number of rotatable bonds is 5. The van der Waals surface area contributed by atoms with Gasteiger partial charge in [0.2, 0.25) is 5.95 Å². The van der Waals surface area contributed by atoms with Gasteiger partial charge in [0, 0.05) is 48.3 Å². The number of imidazole rings is 1. The van der Waals surface area contributed by atoms with Gasteiger partial charge >= 0.3 is 0 Å². The van der Waals surface area contributed by atoms with Crippen LogP contribution >= 0.6 is 11.8 Å². The molecule has 4 heterocycles. The predicted molar refractivity (Wildman–Crippen MR) is 121 cm³/mol. The first kappa shape index (κ1) is 19.6.